The second kappa shape index (κ2) is 6.68. The number of carbonyl (C=O) groups excluding carboxylic acids is 2. The van der Waals surface area contributed by atoms with Crippen molar-refractivity contribution in [3.63, 3.8) is 0 Å². The predicted molar refractivity (Wildman–Crippen MR) is 74.8 cm³/mol. The smallest absolute Gasteiger partial charge is 0.234 e. The van der Waals surface area contributed by atoms with E-state index in [4.69, 9.17) is 0 Å². The molecule has 5 nitrogen and oxygen atoms in total. The molecule has 1 saturated carbocycles. The summed E-state index contributed by atoms with van der Waals surface area (Å²) in [6.07, 6.45) is 2.16. The molecule has 1 heterocycles. The van der Waals surface area contributed by atoms with Crippen LogP contribution in [-0.2, 0) is 16.1 Å². The molecule has 0 saturated heterocycles. The molecule has 0 atom stereocenters. The molecular weight excluding hydrogens is 262 g/mol. The molecule has 0 unspecified atom stereocenters. The van der Waals surface area contributed by atoms with E-state index in [2.05, 4.69) is 10.6 Å². The Morgan fingerprint density at radius 1 is 1.37 bits per heavy atom. The van der Waals surface area contributed by atoms with Crippen molar-refractivity contribution in [1.29, 1.82) is 0 Å². The Morgan fingerprint density at radius 2 is 2.11 bits per heavy atom. The third-order valence-electron chi connectivity index (χ3n) is 2.81. The lowest BCUT2D eigenvalue weighted by Gasteiger charge is -2.15. The fourth-order valence-corrected chi connectivity index (χ4v) is 2.35. The zero-order valence-corrected chi connectivity index (χ0v) is 11.8. The normalized spacial score (nSPS) is 14.4. The van der Waals surface area contributed by atoms with Crippen molar-refractivity contribution in [2.75, 3.05) is 20.1 Å². The van der Waals surface area contributed by atoms with Gasteiger partial charge in [-0.25, -0.2) is 0 Å². The monoisotopic (exact) mass is 281 g/mol. The SMILES string of the molecule is CN(CC(=O)NCc1cccs1)CC(=O)NC1CC1. The molecule has 1 fully saturated rings. The van der Waals surface area contributed by atoms with E-state index in [0.29, 0.717) is 12.6 Å². The van der Waals surface area contributed by atoms with Gasteiger partial charge in [0.05, 0.1) is 19.6 Å². The number of likely N-dealkylation sites (N-methyl/N-ethyl adjacent to an activating group) is 1. The predicted octanol–water partition coefficient (Wildman–Crippen LogP) is 0.575. The molecule has 6 heteroatoms. The zero-order chi connectivity index (χ0) is 13.7. The number of thiophene rings is 1. The van der Waals surface area contributed by atoms with Crippen LogP contribution < -0.4 is 10.6 Å². The van der Waals surface area contributed by atoms with Crippen molar-refractivity contribution in [3.8, 4) is 0 Å². The first-order chi connectivity index (χ1) is 9.13. The van der Waals surface area contributed by atoms with Crippen molar-refractivity contribution < 1.29 is 9.59 Å². The fourth-order valence-electron chi connectivity index (χ4n) is 1.70. The molecule has 1 aromatic rings. The Labute approximate surface area is 117 Å². The van der Waals surface area contributed by atoms with E-state index >= 15 is 0 Å². The Bertz CT molecular complexity index is 429. The highest BCUT2D eigenvalue weighted by Gasteiger charge is 2.23. The van der Waals surface area contributed by atoms with Gasteiger partial charge in [-0.15, -0.1) is 11.3 Å². The third-order valence-corrected chi connectivity index (χ3v) is 3.69. The molecule has 0 bridgehead atoms. The number of carbonyl (C=O) groups is 2. The summed E-state index contributed by atoms with van der Waals surface area (Å²) >= 11 is 1.62. The summed E-state index contributed by atoms with van der Waals surface area (Å²) in [7, 11) is 1.78. The van der Waals surface area contributed by atoms with Gasteiger partial charge in [-0.05, 0) is 31.3 Å². The summed E-state index contributed by atoms with van der Waals surface area (Å²) in [6.45, 7) is 1.06. The average molecular weight is 281 g/mol. The molecule has 2 rings (SSSR count). The van der Waals surface area contributed by atoms with E-state index in [1.807, 2.05) is 17.5 Å². The molecule has 0 aromatic carbocycles. The second-order valence-corrected chi connectivity index (χ2v) is 5.90. The minimum absolute atomic E-state index is 0.00365. The van der Waals surface area contributed by atoms with Gasteiger partial charge in [0.15, 0.2) is 0 Å². The minimum Gasteiger partial charge on any atom is -0.352 e. The van der Waals surface area contributed by atoms with E-state index in [1.54, 1.807) is 23.3 Å². The van der Waals surface area contributed by atoms with Gasteiger partial charge < -0.3 is 10.6 Å². The number of hydrogen-bond donors (Lipinski definition) is 2. The Kier molecular flexibility index (Phi) is 4.93. The molecule has 2 N–H and O–H groups in total. The summed E-state index contributed by atoms with van der Waals surface area (Å²) in [5.74, 6) is -0.0637. The summed E-state index contributed by atoms with van der Waals surface area (Å²) < 4.78 is 0. The van der Waals surface area contributed by atoms with Gasteiger partial charge in [-0.2, -0.15) is 0 Å². The van der Waals surface area contributed by atoms with Crippen LogP contribution in [0.25, 0.3) is 0 Å². The van der Waals surface area contributed by atoms with Crippen molar-refractivity contribution >= 4 is 23.2 Å². The topological polar surface area (TPSA) is 61.4 Å². The van der Waals surface area contributed by atoms with E-state index in [0.717, 1.165) is 17.7 Å². The second-order valence-electron chi connectivity index (χ2n) is 4.87. The third kappa shape index (κ3) is 5.40. The zero-order valence-electron chi connectivity index (χ0n) is 11.0. The van der Waals surface area contributed by atoms with Crippen molar-refractivity contribution in [3.05, 3.63) is 22.4 Å². The molecule has 104 valence electrons. The number of hydrogen-bond acceptors (Lipinski definition) is 4. The van der Waals surface area contributed by atoms with Gasteiger partial charge in [0.25, 0.3) is 0 Å². The number of nitrogens with one attached hydrogen (secondary N) is 2. The number of amides is 2. The molecule has 0 spiro atoms. The summed E-state index contributed by atoms with van der Waals surface area (Å²) in [5, 5.41) is 7.72. The van der Waals surface area contributed by atoms with Gasteiger partial charge in [0, 0.05) is 10.9 Å². The van der Waals surface area contributed by atoms with Crippen LogP contribution in [0, 0.1) is 0 Å². The van der Waals surface area contributed by atoms with Crippen LogP contribution in [0.1, 0.15) is 17.7 Å². The van der Waals surface area contributed by atoms with Gasteiger partial charge in [-0.1, -0.05) is 6.07 Å². The van der Waals surface area contributed by atoms with E-state index < -0.39 is 0 Å². The molecule has 1 aromatic heterocycles. The molecule has 2 amide bonds. The molecule has 19 heavy (non-hydrogen) atoms. The van der Waals surface area contributed by atoms with Crippen LogP contribution in [0.15, 0.2) is 17.5 Å². The quantitative estimate of drug-likeness (QED) is 0.768. The van der Waals surface area contributed by atoms with Gasteiger partial charge in [0.1, 0.15) is 0 Å². The fraction of sp³-hybridized carbons (Fsp3) is 0.538. The van der Waals surface area contributed by atoms with Crippen LogP contribution in [0.4, 0.5) is 0 Å². The van der Waals surface area contributed by atoms with Crippen LogP contribution in [0.3, 0.4) is 0 Å². The minimum atomic E-state index is -0.0601. The van der Waals surface area contributed by atoms with Crippen LogP contribution >= 0.6 is 11.3 Å². The van der Waals surface area contributed by atoms with Crippen molar-refractivity contribution in [2.45, 2.75) is 25.4 Å². The lowest BCUT2D eigenvalue weighted by atomic mass is 10.4. The standard InChI is InChI=1S/C13H19N3O2S/c1-16(9-13(18)15-10-4-5-10)8-12(17)14-7-11-3-2-6-19-11/h2-3,6,10H,4-5,7-9H2,1H3,(H,14,17)(H,15,18). The Balaban J connectivity index is 1.61. The summed E-state index contributed by atoms with van der Waals surface area (Å²) in [6, 6.07) is 4.31. The van der Waals surface area contributed by atoms with Crippen LogP contribution in [-0.4, -0.2) is 42.9 Å². The van der Waals surface area contributed by atoms with Gasteiger partial charge >= 0.3 is 0 Å². The van der Waals surface area contributed by atoms with Gasteiger partial charge in [0.2, 0.25) is 11.8 Å². The lowest BCUT2D eigenvalue weighted by Crippen LogP contribution is -2.41. The molecule has 1 aliphatic rings. The maximum Gasteiger partial charge on any atom is 0.234 e. The molecule has 1 aliphatic carbocycles. The van der Waals surface area contributed by atoms with E-state index in [1.165, 1.54) is 0 Å². The van der Waals surface area contributed by atoms with E-state index in [9.17, 15) is 9.59 Å². The number of nitrogens with zero attached hydrogens (tertiary/aromatic N) is 1. The lowest BCUT2D eigenvalue weighted by molar-refractivity contribution is -0.124. The molecule has 0 aliphatic heterocycles. The Morgan fingerprint density at radius 3 is 2.74 bits per heavy atom. The van der Waals surface area contributed by atoms with Crippen LogP contribution in [0.5, 0.6) is 0 Å². The molecule has 0 radical (unpaired) electrons. The Hall–Kier alpha value is -1.40. The first kappa shape index (κ1) is 14.0. The maximum atomic E-state index is 11.7. The summed E-state index contributed by atoms with van der Waals surface area (Å²) in [4.78, 5) is 26.1. The van der Waals surface area contributed by atoms with Gasteiger partial charge in [-0.3, -0.25) is 14.5 Å². The highest BCUT2D eigenvalue weighted by atomic mass is 32.1. The first-order valence-electron chi connectivity index (χ1n) is 6.40. The maximum absolute atomic E-state index is 11.7. The average Bonchev–Trinajstić information content (AvgIpc) is 2.99. The summed E-state index contributed by atoms with van der Waals surface area (Å²) in [5.41, 5.74) is 0. The first-order valence-corrected chi connectivity index (χ1v) is 7.28. The van der Waals surface area contributed by atoms with Crippen molar-refractivity contribution in [1.82, 2.24) is 15.5 Å². The largest absolute Gasteiger partial charge is 0.352 e. The highest BCUT2D eigenvalue weighted by molar-refractivity contribution is 7.09. The van der Waals surface area contributed by atoms with Crippen LogP contribution in [0.2, 0.25) is 0 Å². The van der Waals surface area contributed by atoms with E-state index in [-0.39, 0.29) is 24.9 Å². The van der Waals surface area contributed by atoms with Crippen molar-refractivity contribution in [2.24, 2.45) is 0 Å². The number of rotatable bonds is 7. The highest BCUT2D eigenvalue weighted by Crippen LogP contribution is 2.18. The molecular formula is C13H19N3O2S.